The second kappa shape index (κ2) is 5.12. The Labute approximate surface area is 99.2 Å². The van der Waals surface area contributed by atoms with Crippen molar-refractivity contribution in [1.29, 1.82) is 0 Å². The van der Waals surface area contributed by atoms with Crippen LogP contribution in [0.25, 0.3) is 0 Å². The van der Waals surface area contributed by atoms with Gasteiger partial charge in [-0.3, -0.25) is 0 Å². The van der Waals surface area contributed by atoms with Crippen LogP contribution < -0.4 is 5.32 Å². The molecule has 1 amide bonds. The summed E-state index contributed by atoms with van der Waals surface area (Å²) in [5, 5.41) is 2.77. The largest absolute Gasteiger partial charge is 0.444 e. The van der Waals surface area contributed by atoms with Gasteiger partial charge in [0.15, 0.2) is 0 Å². The second-order valence-electron chi connectivity index (χ2n) is 4.22. The van der Waals surface area contributed by atoms with Gasteiger partial charge in [0.2, 0.25) is 5.28 Å². The molecular formula is C10H14ClN3O2. The van der Waals surface area contributed by atoms with Crippen LogP contribution in [0.15, 0.2) is 12.4 Å². The van der Waals surface area contributed by atoms with Crippen molar-refractivity contribution in [1.82, 2.24) is 15.3 Å². The maximum Gasteiger partial charge on any atom is 0.407 e. The normalized spacial score (nSPS) is 11.0. The molecule has 16 heavy (non-hydrogen) atoms. The SMILES string of the molecule is CC(C)(C)OC(=O)NCc1cnc(Cl)nc1. The molecule has 1 heterocycles. The molecule has 1 N–H and O–H groups in total. The van der Waals surface area contributed by atoms with E-state index < -0.39 is 11.7 Å². The lowest BCUT2D eigenvalue weighted by Crippen LogP contribution is -2.32. The minimum absolute atomic E-state index is 0.181. The van der Waals surface area contributed by atoms with Crippen LogP contribution in [-0.4, -0.2) is 21.7 Å². The van der Waals surface area contributed by atoms with E-state index in [0.717, 1.165) is 5.56 Å². The summed E-state index contributed by atoms with van der Waals surface area (Å²) in [5.74, 6) is 0. The van der Waals surface area contributed by atoms with Crippen molar-refractivity contribution in [3.63, 3.8) is 0 Å². The highest BCUT2D eigenvalue weighted by Gasteiger charge is 2.15. The molecular weight excluding hydrogens is 230 g/mol. The van der Waals surface area contributed by atoms with Crippen LogP contribution >= 0.6 is 11.6 Å². The van der Waals surface area contributed by atoms with Crippen molar-refractivity contribution in [2.45, 2.75) is 32.9 Å². The molecule has 1 aromatic rings. The highest BCUT2D eigenvalue weighted by Crippen LogP contribution is 2.07. The van der Waals surface area contributed by atoms with Gasteiger partial charge in [0, 0.05) is 24.5 Å². The monoisotopic (exact) mass is 243 g/mol. The maximum absolute atomic E-state index is 11.3. The van der Waals surface area contributed by atoms with E-state index in [1.165, 1.54) is 0 Å². The predicted molar refractivity (Wildman–Crippen MR) is 60.1 cm³/mol. The molecule has 0 aromatic carbocycles. The Hall–Kier alpha value is -1.36. The Balaban J connectivity index is 2.40. The van der Waals surface area contributed by atoms with E-state index in [4.69, 9.17) is 16.3 Å². The summed E-state index contributed by atoms with van der Waals surface area (Å²) >= 11 is 5.53. The van der Waals surface area contributed by atoms with E-state index in [9.17, 15) is 4.79 Å². The van der Waals surface area contributed by atoms with Gasteiger partial charge in [-0.15, -0.1) is 0 Å². The summed E-state index contributed by atoms with van der Waals surface area (Å²) in [7, 11) is 0. The third-order valence-corrected chi connectivity index (χ3v) is 1.70. The van der Waals surface area contributed by atoms with Gasteiger partial charge in [-0.1, -0.05) is 0 Å². The first-order chi connectivity index (χ1) is 7.37. The van der Waals surface area contributed by atoms with E-state index in [1.807, 2.05) is 0 Å². The highest BCUT2D eigenvalue weighted by molar-refractivity contribution is 6.28. The Morgan fingerprint density at radius 3 is 2.50 bits per heavy atom. The third kappa shape index (κ3) is 4.93. The van der Waals surface area contributed by atoms with Crippen LogP contribution in [0.3, 0.4) is 0 Å². The number of nitrogens with one attached hydrogen (secondary N) is 1. The number of nitrogens with zero attached hydrogens (tertiary/aromatic N) is 2. The first kappa shape index (κ1) is 12.7. The van der Waals surface area contributed by atoms with Gasteiger partial charge < -0.3 is 10.1 Å². The maximum atomic E-state index is 11.3. The lowest BCUT2D eigenvalue weighted by molar-refractivity contribution is 0.0523. The van der Waals surface area contributed by atoms with Crippen molar-refractivity contribution in [3.05, 3.63) is 23.2 Å². The van der Waals surface area contributed by atoms with Gasteiger partial charge >= 0.3 is 6.09 Å². The number of halogens is 1. The van der Waals surface area contributed by atoms with Gasteiger partial charge in [-0.25, -0.2) is 14.8 Å². The van der Waals surface area contributed by atoms with Gasteiger partial charge in [-0.2, -0.15) is 0 Å². The smallest absolute Gasteiger partial charge is 0.407 e. The zero-order chi connectivity index (χ0) is 12.2. The summed E-state index contributed by atoms with van der Waals surface area (Å²) in [6, 6.07) is 0. The predicted octanol–water partition coefficient (Wildman–Crippen LogP) is 2.15. The molecule has 1 rings (SSSR count). The molecule has 5 nitrogen and oxygen atoms in total. The summed E-state index contributed by atoms with van der Waals surface area (Å²) in [4.78, 5) is 18.9. The Bertz CT molecular complexity index is 359. The summed E-state index contributed by atoms with van der Waals surface area (Å²) in [6.45, 7) is 5.72. The van der Waals surface area contributed by atoms with Gasteiger partial charge in [0.05, 0.1) is 0 Å². The lowest BCUT2D eigenvalue weighted by Gasteiger charge is -2.19. The highest BCUT2D eigenvalue weighted by atomic mass is 35.5. The number of alkyl carbamates (subject to hydrolysis) is 1. The number of carbonyl (C=O) groups is 1. The molecule has 0 aliphatic carbocycles. The van der Waals surface area contributed by atoms with E-state index in [2.05, 4.69) is 15.3 Å². The number of amides is 1. The standard InChI is InChI=1S/C10H14ClN3O2/c1-10(2,3)16-9(15)14-6-7-4-12-8(11)13-5-7/h4-5H,6H2,1-3H3,(H,14,15). The fourth-order valence-corrected chi connectivity index (χ4v) is 1.02. The number of hydrogen-bond acceptors (Lipinski definition) is 4. The molecule has 88 valence electrons. The average molecular weight is 244 g/mol. The summed E-state index contributed by atoms with van der Waals surface area (Å²) in [6.07, 6.45) is 2.63. The first-order valence-corrected chi connectivity index (χ1v) is 5.18. The molecule has 6 heteroatoms. The molecule has 0 radical (unpaired) electrons. The Kier molecular flexibility index (Phi) is 4.06. The van der Waals surface area contributed by atoms with Crippen molar-refractivity contribution in [2.75, 3.05) is 0 Å². The Morgan fingerprint density at radius 2 is 2.00 bits per heavy atom. The van der Waals surface area contributed by atoms with Crippen LogP contribution in [0.1, 0.15) is 26.3 Å². The minimum atomic E-state index is -0.499. The zero-order valence-corrected chi connectivity index (χ0v) is 10.2. The zero-order valence-electron chi connectivity index (χ0n) is 9.45. The number of ether oxygens (including phenoxy) is 1. The first-order valence-electron chi connectivity index (χ1n) is 4.80. The minimum Gasteiger partial charge on any atom is -0.444 e. The van der Waals surface area contributed by atoms with Crippen LogP contribution in [0, 0.1) is 0 Å². The molecule has 0 fully saturated rings. The van der Waals surface area contributed by atoms with Crippen LogP contribution in [0.2, 0.25) is 5.28 Å². The van der Waals surface area contributed by atoms with Crippen molar-refractivity contribution in [2.24, 2.45) is 0 Å². The molecule has 0 saturated carbocycles. The Morgan fingerprint density at radius 1 is 1.44 bits per heavy atom. The molecule has 0 spiro atoms. The average Bonchev–Trinajstić information content (AvgIpc) is 2.14. The van der Waals surface area contributed by atoms with Gasteiger partial charge in [0.1, 0.15) is 5.60 Å². The number of aromatic nitrogens is 2. The number of hydrogen-bond donors (Lipinski definition) is 1. The number of rotatable bonds is 2. The molecule has 0 unspecified atom stereocenters. The lowest BCUT2D eigenvalue weighted by atomic mass is 10.2. The fraction of sp³-hybridized carbons (Fsp3) is 0.500. The van der Waals surface area contributed by atoms with Crippen LogP contribution in [-0.2, 0) is 11.3 Å². The van der Waals surface area contributed by atoms with Gasteiger partial charge in [-0.05, 0) is 32.4 Å². The van der Waals surface area contributed by atoms with Crippen LogP contribution in [0.5, 0.6) is 0 Å². The third-order valence-electron chi connectivity index (χ3n) is 1.51. The summed E-state index contributed by atoms with van der Waals surface area (Å²) < 4.78 is 5.07. The van der Waals surface area contributed by atoms with E-state index in [0.29, 0.717) is 6.54 Å². The van der Waals surface area contributed by atoms with Gasteiger partial charge in [0.25, 0.3) is 0 Å². The molecule has 1 aromatic heterocycles. The fourth-order valence-electron chi connectivity index (χ4n) is 0.919. The van der Waals surface area contributed by atoms with E-state index in [-0.39, 0.29) is 5.28 Å². The summed E-state index contributed by atoms with van der Waals surface area (Å²) in [5.41, 5.74) is 0.260. The van der Waals surface area contributed by atoms with Crippen molar-refractivity contribution < 1.29 is 9.53 Å². The van der Waals surface area contributed by atoms with E-state index >= 15 is 0 Å². The molecule has 0 aliphatic rings. The number of carbonyl (C=O) groups excluding carboxylic acids is 1. The molecule has 0 saturated heterocycles. The molecule has 0 aliphatic heterocycles. The molecule has 0 atom stereocenters. The quantitative estimate of drug-likeness (QED) is 0.809. The van der Waals surface area contributed by atoms with E-state index in [1.54, 1.807) is 33.2 Å². The topological polar surface area (TPSA) is 64.1 Å². The van der Waals surface area contributed by atoms with Crippen LogP contribution in [0.4, 0.5) is 4.79 Å². The second-order valence-corrected chi connectivity index (χ2v) is 4.55. The van der Waals surface area contributed by atoms with Crippen molar-refractivity contribution in [3.8, 4) is 0 Å². The van der Waals surface area contributed by atoms with Crippen molar-refractivity contribution >= 4 is 17.7 Å². The molecule has 0 bridgehead atoms.